The summed E-state index contributed by atoms with van der Waals surface area (Å²) < 4.78 is 0. The Kier molecular flexibility index (Phi) is 4.24. The van der Waals surface area contributed by atoms with Gasteiger partial charge in [-0.2, -0.15) is 0 Å². The molecule has 1 heterocycles. The number of aromatic nitrogens is 2. The molecule has 0 saturated carbocycles. The van der Waals surface area contributed by atoms with Gasteiger partial charge in [-0.25, -0.2) is 14.8 Å². The second-order valence-corrected chi connectivity index (χ2v) is 7.02. The quantitative estimate of drug-likeness (QED) is 0.864. The van der Waals surface area contributed by atoms with Crippen LogP contribution in [0.15, 0.2) is 30.5 Å². The summed E-state index contributed by atoms with van der Waals surface area (Å²) in [4.78, 5) is 32.5. The van der Waals surface area contributed by atoms with Crippen LogP contribution in [-0.4, -0.2) is 21.8 Å². The molecular weight excluding hydrogens is 328 g/mol. The maximum atomic E-state index is 12.1. The molecule has 0 radical (unpaired) electrons. The number of hydrogen-bond acceptors (Lipinski definition) is 4. The molecule has 0 aliphatic heterocycles. The number of carbonyl (C=O) groups excluding carboxylic acids is 2. The van der Waals surface area contributed by atoms with Crippen LogP contribution in [0.2, 0.25) is 5.02 Å². The van der Waals surface area contributed by atoms with Crippen molar-refractivity contribution >= 4 is 35.1 Å². The molecule has 6 nitrogen and oxygen atoms in total. The van der Waals surface area contributed by atoms with E-state index in [1.807, 2.05) is 13.8 Å². The average Bonchev–Trinajstić information content (AvgIpc) is 2.45. The SMILES string of the molecule is CC1(C)CC(=O)c2cnc(NC(=O)Nc3cccc(Cl)c3)nc2C1. The second kappa shape index (κ2) is 6.20. The highest BCUT2D eigenvalue weighted by Crippen LogP contribution is 2.33. The maximum absolute atomic E-state index is 12.1. The normalized spacial score (nSPS) is 15.5. The minimum atomic E-state index is -0.474. The Bertz CT molecular complexity index is 820. The molecule has 0 atom stereocenters. The van der Waals surface area contributed by atoms with Crippen molar-refractivity contribution in [3.05, 3.63) is 46.7 Å². The molecule has 0 fully saturated rings. The summed E-state index contributed by atoms with van der Waals surface area (Å²) in [6.45, 7) is 4.05. The molecule has 0 bridgehead atoms. The van der Waals surface area contributed by atoms with E-state index in [1.165, 1.54) is 6.20 Å². The van der Waals surface area contributed by atoms with E-state index in [9.17, 15) is 9.59 Å². The first kappa shape index (κ1) is 16.4. The Hall–Kier alpha value is -2.47. The summed E-state index contributed by atoms with van der Waals surface area (Å²) in [5.41, 5.74) is 1.63. The second-order valence-electron chi connectivity index (χ2n) is 6.58. The van der Waals surface area contributed by atoms with E-state index >= 15 is 0 Å². The molecule has 2 amide bonds. The Morgan fingerprint density at radius 1 is 1.25 bits per heavy atom. The fraction of sp³-hybridized carbons (Fsp3) is 0.294. The number of anilines is 2. The van der Waals surface area contributed by atoms with Crippen LogP contribution in [0.5, 0.6) is 0 Å². The van der Waals surface area contributed by atoms with E-state index in [1.54, 1.807) is 24.3 Å². The van der Waals surface area contributed by atoms with Crippen LogP contribution in [0.1, 0.15) is 36.3 Å². The van der Waals surface area contributed by atoms with Gasteiger partial charge in [0.2, 0.25) is 5.95 Å². The van der Waals surface area contributed by atoms with Gasteiger partial charge in [0.05, 0.1) is 11.3 Å². The number of halogens is 1. The standard InChI is InChI=1S/C17H17ClN4O2/c1-17(2)7-13-12(14(23)8-17)9-19-15(21-13)22-16(24)20-11-5-3-4-10(18)6-11/h3-6,9H,7-8H2,1-2H3,(H2,19,20,21,22,24). The molecule has 2 aromatic rings. The van der Waals surface area contributed by atoms with Crippen molar-refractivity contribution in [1.82, 2.24) is 9.97 Å². The molecule has 1 aromatic heterocycles. The summed E-state index contributed by atoms with van der Waals surface area (Å²) in [5, 5.41) is 5.76. The zero-order valence-corrected chi connectivity index (χ0v) is 14.1. The van der Waals surface area contributed by atoms with Crippen LogP contribution in [0.4, 0.5) is 16.4 Å². The van der Waals surface area contributed by atoms with Crippen LogP contribution in [0.3, 0.4) is 0 Å². The van der Waals surface area contributed by atoms with E-state index < -0.39 is 6.03 Å². The third kappa shape index (κ3) is 3.71. The first-order valence-electron chi connectivity index (χ1n) is 7.55. The van der Waals surface area contributed by atoms with Gasteiger partial charge in [0.25, 0.3) is 0 Å². The molecule has 124 valence electrons. The molecule has 7 heteroatoms. The number of urea groups is 1. The number of ketones is 1. The number of benzene rings is 1. The fourth-order valence-corrected chi connectivity index (χ4v) is 2.91. The molecule has 1 aliphatic carbocycles. The topological polar surface area (TPSA) is 84.0 Å². The van der Waals surface area contributed by atoms with E-state index in [-0.39, 0.29) is 17.1 Å². The van der Waals surface area contributed by atoms with Crippen LogP contribution < -0.4 is 10.6 Å². The molecule has 1 aromatic carbocycles. The van der Waals surface area contributed by atoms with Gasteiger partial charge in [0.15, 0.2) is 5.78 Å². The zero-order valence-electron chi connectivity index (χ0n) is 13.4. The van der Waals surface area contributed by atoms with Gasteiger partial charge in [0, 0.05) is 23.3 Å². The smallest absolute Gasteiger partial charge is 0.308 e. The average molecular weight is 345 g/mol. The largest absolute Gasteiger partial charge is 0.326 e. The zero-order chi connectivity index (χ0) is 17.3. The first-order valence-corrected chi connectivity index (χ1v) is 7.93. The van der Waals surface area contributed by atoms with Crippen molar-refractivity contribution in [1.29, 1.82) is 0 Å². The summed E-state index contributed by atoms with van der Waals surface area (Å²) in [7, 11) is 0. The molecule has 0 saturated heterocycles. The van der Waals surface area contributed by atoms with Gasteiger partial charge < -0.3 is 5.32 Å². The molecule has 3 rings (SSSR count). The van der Waals surface area contributed by atoms with Crippen molar-refractivity contribution in [3.63, 3.8) is 0 Å². The summed E-state index contributed by atoms with van der Waals surface area (Å²) in [6.07, 6.45) is 2.63. The predicted octanol–water partition coefficient (Wildman–Crippen LogP) is 3.93. The van der Waals surface area contributed by atoms with Gasteiger partial charge in [-0.3, -0.25) is 10.1 Å². The Labute approximate surface area is 144 Å². The molecule has 24 heavy (non-hydrogen) atoms. The number of amides is 2. The molecule has 0 spiro atoms. The Morgan fingerprint density at radius 3 is 2.79 bits per heavy atom. The van der Waals surface area contributed by atoms with Crippen molar-refractivity contribution in [3.8, 4) is 0 Å². The lowest BCUT2D eigenvalue weighted by molar-refractivity contribution is 0.0910. The molecule has 2 N–H and O–H groups in total. The number of fused-ring (bicyclic) bond motifs is 1. The third-order valence-corrected chi connectivity index (χ3v) is 4.00. The van der Waals surface area contributed by atoms with Crippen LogP contribution >= 0.6 is 11.6 Å². The first-order chi connectivity index (χ1) is 11.3. The molecule has 1 aliphatic rings. The van der Waals surface area contributed by atoms with Crippen molar-refractivity contribution in [2.45, 2.75) is 26.7 Å². The number of nitrogens with zero attached hydrogens (tertiary/aromatic N) is 2. The summed E-state index contributed by atoms with van der Waals surface area (Å²) >= 11 is 5.88. The summed E-state index contributed by atoms with van der Waals surface area (Å²) in [6, 6.07) is 6.34. The van der Waals surface area contributed by atoms with E-state index in [0.29, 0.717) is 34.8 Å². The lowest BCUT2D eigenvalue weighted by atomic mass is 9.76. The lowest BCUT2D eigenvalue weighted by Crippen LogP contribution is -2.29. The van der Waals surface area contributed by atoms with Gasteiger partial charge in [-0.15, -0.1) is 0 Å². The van der Waals surface area contributed by atoms with E-state index in [0.717, 1.165) is 0 Å². The van der Waals surface area contributed by atoms with Gasteiger partial charge in [-0.1, -0.05) is 31.5 Å². The van der Waals surface area contributed by atoms with Crippen molar-refractivity contribution in [2.75, 3.05) is 10.6 Å². The number of carbonyl (C=O) groups is 2. The Morgan fingerprint density at radius 2 is 2.04 bits per heavy atom. The van der Waals surface area contributed by atoms with Crippen molar-refractivity contribution in [2.24, 2.45) is 5.41 Å². The molecular formula is C17H17ClN4O2. The van der Waals surface area contributed by atoms with Crippen LogP contribution in [-0.2, 0) is 6.42 Å². The minimum Gasteiger partial charge on any atom is -0.308 e. The van der Waals surface area contributed by atoms with Crippen LogP contribution in [0, 0.1) is 5.41 Å². The number of nitrogens with one attached hydrogen (secondary N) is 2. The third-order valence-electron chi connectivity index (χ3n) is 3.76. The van der Waals surface area contributed by atoms with E-state index in [2.05, 4.69) is 20.6 Å². The molecule has 0 unspecified atom stereocenters. The highest BCUT2D eigenvalue weighted by Gasteiger charge is 2.32. The van der Waals surface area contributed by atoms with Gasteiger partial charge >= 0.3 is 6.03 Å². The predicted molar refractivity (Wildman–Crippen MR) is 92.6 cm³/mol. The van der Waals surface area contributed by atoms with Crippen molar-refractivity contribution < 1.29 is 9.59 Å². The number of hydrogen-bond donors (Lipinski definition) is 2. The van der Waals surface area contributed by atoms with E-state index in [4.69, 9.17) is 11.6 Å². The minimum absolute atomic E-state index is 0.0381. The monoisotopic (exact) mass is 344 g/mol. The highest BCUT2D eigenvalue weighted by molar-refractivity contribution is 6.30. The van der Waals surface area contributed by atoms with Gasteiger partial charge in [-0.05, 0) is 30.0 Å². The van der Waals surface area contributed by atoms with Crippen LogP contribution in [0.25, 0.3) is 0 Å². The highest BCUT2D eigenvalue weighted by atomic mass is 35.5. The fourth-order valence-electron chi connectivity index (χ4n) is 2.72. The number of Topliss-reactive ketones (excluding diaryl/α,β-unsaturated/α-hetero) is 1. The summed E-state index contributed by atoms with van der Waals surface area (Å²) in [5.74, 6) is 0.204. The number of rotatable bonds is 2. The maximum Gasteiger partial charge on any atom is 0.326 e. The van der Waals surface area contributed by atoms with Gasteiger partial charge in [0.1, 0.15) is 0 Å². The lowest BCUT2D eigenvalue weighted by Gasteiger charge is -2.29. The Balaban J connectivity index is 1.74.